The number of amides is 3. The number of rotatable bonds is 4. The lowest BCUT2D eigenvalue weighted by Crippen LogP contribution is -2.54. The van der Waals surface area contributed by atoms with E-state index in [4.69, 9.17) is 23.2 Å². The normalized spacial score (nSPS) is 15.4. The van der Waals surface area contributed by atoms with Crippen LogP contribution in [0.3, 0.4) is 0 Å². The summed E-state index contributed by atoms with van der Waals surface area (Å²) in [4.78, 5) is 32.1. The molecule has 0 aliphatic carbocycles. The number of urea groups is 1. The predicted octanol–water partition coefficient (Wildman–Crippen LogP) is 1.97. The van der Waals surface area contributed by atoms with Gasteiger partial charge in [-0.3, -0.25) is 10.1 Å². The SMILES string of the molecule is CC(NC(=O)N1CCN(c2ccc(Cl)c(Cl)c2)CC1)C(=O)Nc1ncn[nH]1. The first-order valence-electron chi connectivity index (χ1n) is 8.35. The van der Waals surface area contributed by atoms with Crippen LogP contribution in [0.4, 0.5) is 16.4 Å². The minimum absolute atomic E-state index is 0.233. The molecule has 3 amide bonds. The Morgan fingerprint density at radius 2 is 1.93 bits per heavy atom. The van der Waals surface area contributed by atoms with E-state index in [0.29, 0.717) is 36.2 Å². The fourth-order valence-corrected chi connectivity index (χ4v) is 2.97. The van der Waals surface area contributed by atoms with E-state index in [1.165, 1.54) is 6.33 Å². The quantitative estimate of drug-likeness (QED) is 0.712. The van der Waals surface area contributed by atoms with Gasteiger partial charge in [0.1, 0.15) is 12.4 Å². The first-order chi connectivity index (χ1) is 12.9. The van der Waals surface area contributed by atoms with Crippen molar-refractivity contribution in [3.8, 4) is 0 Å². The molecule has 1 aliphatic heterocycles. The van der Waals surface area contributed by atoms with Crippen molar-refractivity contribution in [3.05, 3.63) is 34.6 Å². The van der Waals surface area contributed by atoms with Gasteiger partial charge in [-0.05, 0) is 25.1 Å². The van der Waals surface area contributed by atoms with Gasteiger partial charge in [0.05, 0.1) is 10.0 Å². The average Bonchev–Trinajstić information content (AvgIpc) is 3.17. The monoisotopic (exact) mass is 411 g/mol. The zero-order valence-corrected chi connectivity index (χ0v) is 16.1. The molecular formula is C16H19Cl2N7O2. The fraction of sp³-hybridized carbons (Fsp3) is 0.375. The van der Waals surface area contributed by atoms with E-state index in [-0.39, 0.29) is 17.9 Å². The van der Waals surface area contributed by atoms with Crippen molar-refractivity contribution < 1.29 is 9.59 Å². The number of hydrogen-bond donors (Lipinski definition) is 3. The van der Waals surface area contributed by atoms with E-state index in [2.05, 4.69) is 30.7 Å². The third-order valence-electron chi connectivity index (χ3n) is 4.23. The van der Waals surface area contributed by atoms with Crippen LogP contribution in [0.15, 0.2) is 24.5 Å². The van der Waals surface area contributed by atoms with Crippen LogP contribution in [0.1, 0.15) is 6.92 Å². The van der Waals surface area contributed by atoms with Crippen LogP contribution in [0, 0.1) is 0 Å². The molecule has 1 atom stereocenters. The topological polar surface area (TPSA) is 106 Å². The van der Waals surface area contributed by atoms with Crippen LogP contribution in [0.25, 0.3) is 0 Å². The minimum Gasteiger partial charge on any atom is -0.368 e. The summed E-state index contributed by atoms with van der Waals surface area (Å²) in [5, 5.41) is 12.4. The van der Waals surface area contributed by atoms with Crippen LogP contribution in [0.2, 0.25) is 10.0 Å². The maximum Gasteiger partial charge on any atom is 0.318 e. The lowest BCUT2D eigenvalue weighted by Gasteiger charge is -2.36. The highest BCUT2D eigenvalue weighted by molar-refractivity contribution is 6.42. The molecule has 27 heavy (non-hydrogen) atoms. The summed E-state index contributed by atoms with van der Waals surface area (Å²) in [5.41, 5.74) is 0.962. The lowest BCUT2D eigenvalue weighted by molar-refractivity contribution is -0.117. The second-order valence-corrected chi connectivity index (χ2v) is 6.88. The van der Waals surface area contributed by atoms with Crippen LogP contribution < -0.4 is 15.5 Å². The molecule has 144 valence electrons. The second kappa shape index (κ2) is 8.45. The van der Waals surface area contributed by atoms with Crippen molar-refractivity contribution in [3.63, 3.8) is 0 Å². The molecule has 1 aliphatic rings. The number of anilines is 2. The summed E-state index contributed by atoms with van der Waals surface area (Å²) in [6, 6.07) is 4.47. The van der Waals surface area contributed by atoms with E-state index in [9.17, 15) is 9.59 Å². The van der Waals surface area contributed by atoms with Gasteiger partial charge in [0.15, 0.2) is 0 Å². The van der Waals surface area contributed by atoms with Crippen molar-refractivity contribution in [1.29, 1.82) is 0 Å². The zero-order chi connectivity index (χ0) is 19.4. The molecule has 9 nitrogen and oxygen atoms in total. The smallest absolute Gasteiger partial charge is 0.318 e. The largest absolute Gasteiger partial charge is 0.368 e. The molecular weight excluding hydrogens is 393 g/mol. The summed E-state index contributed by atoms with van der Waals surface area (Å²) in [5.74, 6) is -0.147. The van der Waals surface area contributed by atoms with Crippen LogP contribution in [-0.4, -0.2) is 64.2 Å². The molecule has 3 N–H and O–H groups in total. The highest BCUT2D eigenvalue weighted by Crippen LogP contribution is 2.27. The maximum atomic E-state index is 12.4. The number of halogens is 2. The number of benzene rings is 1. The number of carbonyl (C=O) groups is 2. The van der Waals surface area contributed by atoms with Crippen molar-refractivity contribution >= 4 is 46.8 Å². The van der Waals surface area contributed by atoms with Gasteiger partial charge < -0.3 is 15.1 Å². The first-order valence-corrected chi connectivity index (χ1v) is 9.11. The van der Waals surface area contributed by atoms with Crippen molar-refractivity contribution in [2.24, 2.45) is 0 Å². The Bertz CT molecular complexity index is 807. The molecule has 11 heteroatoms. The average molecular weight is 412 g/mol. The third-order valence-corrected chi connectivity index (χ3v) is 4.96. The number of H-pyrrole nitrogens is 1. The number of piperazine rings is 1. The summed E-state index contributed by atoms with van der Waals surface area (Å²) < 4.78 is 0. The molecule has 0 bridgehead atoms. The highest BCUT2D eigenvalue weighted by Gasteiger charge is 2.24. The maximum absolute atomic E-state index is 12.4. The molecule has 1 saturated heterocycles. The third kappa shape index (κ3) is 4.81. The van der Waals surface area contributed by atoms with Crippen LogP contribution in [-0.2, 0) is 4.79 Å². The Labute approximate surface area is 166 Å². The minimum atomic E-state index is -0.712. The Morgan fingerprint density at radius 3 is 2.56 bits per heavy atom. The summed E-state index contributed by atoms with van der Waals surface area (Å²) in [6.45, 7) is 3.98. The van der Waals surface area contributed by atoms with Crippen LogP contribution in [0.5, 0.6) is 0 Å². The standard InChI is InChI=1S/C16H19Cl2N7O2/c1-10(14(26)22-15-19-9-20-23-15)21-16(27)25-6-4-24(5-7-25)11-2-3-12(17)13(18)8-11/h2-3,8-10H,4-7H2,1H3,(H,21,27)(H2,19,20,22,23,26). The van der Waals surface area contributed by atoms with Gasteiger partial charge >= 0.3 is 6.03 Å². The van der Waals surface area contributed by atoms with E-state index >= 15 is 0 Å². The molecule has 1 fully saturated rings. The molecule has 1 aromatic heterocycles. The predicted molar refractivity (Wildman–Crippen MR) is 103 cm³/mol. The van der Waals surface area contributed by atoms with Gasteiger partial charge in [0.25, 0.3) is 0 Å². The summed E-state index contributed by atoms with van der Waals surface area (Å²) in [6.07, 6.45) is 1.28. The van der Waals surface area contributed by atoms with Crippen molar-refractivity contribution in [2.45, 2.75) is 13.0 Å². The number of aromatic amines is 1. The first kappa shape index (κ1) is 19.2. The Morgan fingerprint density at radius 1 is 1.19 bits per heavy atom. The van der Waals surface area contributed by atoms with Gasteiger partial charge in [0, 0.05) is 31.9 Å². The molecule has 0 spiro atoms. The zero-order valence-electron chi connectivity index (χ0n) is 14.6. The molecule has 0 radical (unpaired) electrons. The Balaban J connectivity index is 1.49. The molecule has 2 heterocycles. The summed E-state index contributed by atoms with van der Waals surface area (Å²) >= 11 is 12.0. The number of carbonyl (C=O) groups excluding carboxylic acids is 2. The summed E-state index contributed by atoms with van der Waals surface area (Å²) in [7, 11) is 0. The Hall–Kier alpha value is -2.52. The molecule has 3 rings (SSSR count). The number of hydrogen-bond acceptors (Lipinski definition) is 5. The number of aromatic nitrogens is 3. The highest BCUT2D eigenvalue weighted by atomic mass is 35.5. The van der Waals surface area contributed by atoms with E-state index in [0.717, 1.165) is 5.69 Å². The molecule has 2 aromatic rings. The number of nitrogens with one attached hydrogen (secondary N) is 3. The van der Waals surface area contributed by atoms with Gasteiger partial charge in [0.2, 0.25) is 11.9 Å². The van der Waals surface area contributed by atoms with Crippen LogP contribution >= 0.6 is 23.2 Å². The lowest BCUT2D eigenvalue weighted by atomic mass is 10.2. The number of nitrogens with zero attached hydrogens (tertiary/aromatic N) is 4. The van der Waals surface area contributed by atoms with Gasteiger partial charge in [-0.15, -0.1) is 0 Å². The molecule has 0 saturated carbocycles. The van der Waals surface area contributed by atoms with Gasteiger partial charge in [-0.1, -0.05) is 23.2 Å². The van der Waals surface area contributed by atoms with E-state index < -0.39 is 6.04 Å². The Kier molecular flexibility index (Phi) is 6.02. The molecule has 1 aromatic carbocycles. The van der Waals surface area contributed by atoms with Crippen molar-refractivity contribution in [2.75, 3.05) is 36.4 Å². The fourth-order valence-electron chi connectivity index (χ4n) is 2.68. The van der Waals surface area contributed by atoms with Crippen molar-refractivity contribution in [1.82, 2.24) is 25.4 Å². The van der Waals surface area contributed by atoms with E-state index in [1.807, 2.05) is 12.1 Å². The van der Waals surface area contributed by atoms with Gasteiger partial charge in [-0.2, -0.15) is 10.1 Å². The van der Waals surface area contributed by atoms with Gasteiger partial charge in [-0.25, -0.2) is 9.89 Å². The second-order valence-electron chi connectivity index (χ2n) is 6.07. The molecule has 1 unspecified atom stereocenters. The van der Waals surface area contributed by atoms with E-state index in [1.54, 1.807) is 17.9 Å².